The highest BCUT2D eigenvalue weighted by Crippen LogP contribution is 2.29. The Hall–Kier alpha value is -3.45. The molecule has 1 heterocycles. The van der Waals surface area contributed by atoms with Crippen LogP contribution in [-0.4, -0.2) is 44.2 Å². The minimum absolute atomic E-state index is 0.0583. The van der Waals surface area contributed by atoms with E-state index in [0.717, 1.165) is 49.5 Å². The lowest BCUT2D eigenvalue weighted by Crippen LogP contribution is -2.47. The van der Waals surface area contributed by atoms with Crippen molar-refractivity contribution >= 4 is 11.6 Å². The van der Waals surface area contributed by atoms with Gasteiger partial charge in [-0.05, 0) is 67.4 Å². The normalized spacial score (nSPS) is 14.6. The number of carbonyl (C=O) groups excluding carboxylic acids is 1. The van der Waals surface area contributed by atoms with Crippen molar-refractivity contribution in [3.05, 3.63) is 89.5 Å². The van der Waals surface area contributed by atoms with Gasteiger partial charge >= 0.3 is 0 Å². The highest BCUT2D eigenvalue weighted by molar-refractivity contribution is 6.06. The Kier molecular flexibility index (Phi) is 7.43. The monoisotopic (exact) mass is 466 g/mol. The molecular weight excluding hydrogens is 438 g/mol. The summed E-state index contributed by atoms with van der Waals surface area (Å²) in [5.74, 6) is 0.546. The zero-order valence-electron chi connectivity index (χ0n) is 19.3. The Morgan fingerprint density at radius 1 is 0.912 bits per heavy atom. The number of piperidine rings is 1. The van der Waals surface area contributed by atoms with E-state index in [1.165, 1.54) is 36.4 Å². The smallest absolute Gasteiger partial charge is 0.258 e. The summed E-state index contributed by atoms with van der Waals surface area (Å²) in [6.45, 7) is 2.30. The van der Waals surface area contributed by atoms with E-state index in [4.69, 9.17) is 9.47 Å². The van der Waals surface area contributed by atoms with Gasteiger partial charge in [-0.25, -0.2) is 8.78 Å². The Labute approximate surface area is 198 Å². The van der Waals surface area contributed by atoms with Crippen LogP contribution in [0.25, 0.3) is 0 Å². The number of anilines is 1. The number of likely N-dealkylation sites (tertiary alicyclic amines) is 1. The first kappa shape index (κ1) is 23.7. The fourth-order valence-electron chi connectivity index (χ4n) is 4.39. The maximum absolute atomic E-state index is 13.6. The van der Waals surface area contributed by atoms with Gasteiger partial charge in [0, 0.05) is 48.6 Å². The first-order chi connectivity index (χ1) is 16.5. The molecule has 1 aliphatic rings. The van der Waals surface area contributed by atoms with E-state index < -0.39 is 5.82 Å². The maximum atomic E-state index is 13.6. The van der Waals surface area contributed by atoms with Gasteiger partial charge in [0.1, 0.15) is 23.1 Å². The first-order valence-corrected chi connectivity index (χ1v) is 11.3. The fraction of sp³-hybridized carbons (Fsp3) is 0.296. The minimum atomic E-state index is -0.396. The standard InChI is InChI=1S/C27H28F2N2O3/c1-33-25-12-5-20(26(17-25)34-2)18-30-15-13-24(14-16-30)31(23-10-8-22(29)9-11-23)27(32)19-3-6-21(28)7-4-19/h3-12,17,24H,13-16,18H2,1-2H3. The summed E-state index contributed by atoms with van der Waals surface area (Å²) in [6.07, 6.45) is 1.51. The third-order valence-corrected chi connectivity index (χ3v) is 6.23. The lowest BCUT2D eigenvalue weighted by molar-refractivity contribution is 0.0958. The largest absolute Gasteiger partial charge is 0.497 e. The molecule has 1 aliphatic heterocycles. The molecule has 0 spiro atoms. The molecule has 0 N–H and O–H groups in total. The molecule has 178 valence electrons. The number of halogens is 2. The quantitative estimate of drug-likeness (QED) is 0.474. The van der Waals surface area contributed by atoms with E-state index >= 15 is 0 Å². The molecule has 4 rings (SSSR count). The summed E-state index contributed by atoms with van der Waals surface area (Å²) in [5, 5.41) is 0. The lowest BCUT2D eigenvalue weighted by atomic mass is 10.00. The number of nitrogens with zero attached hydrogens (tertiary/aromatic N) is 2. The van der Waals surface area contributed by atoms with Crippen LogP contribution < -0.4 is 14.4 Å². The highest BCUT2D eigenvalue weighted by Gasteiger charge is 2.30. The SMILES string of the molecule is COc1ccc(CN2CCC(N(C(=O)c3ccc(F)cc3)c3ccc(F)cc3)CC2)c(OC)c1. The summed E-state index contributed by atoms with van der Waals surface area (Å²) >= 11 is 0. The van der Waals surface area contributed by atoms with Crippen molar-refractivity contribution in [3.8, 4) is 11.5 Å². The summed E-state index contributed by atoms with van der Waals surface area (Å²) in [5.41, 5.74) is 2.10. The first-order valence-electron chi connectivity index (χ1n) is 11.3. The topological polar surface area (TPSA) is 42.0 Å². The summed E-state index contributed by atoms with van der Waals surface area (Å²) < 4.78 is 37.8. The third kappa shape index (κ3) is 5.37. The van der Waals surface area contributed by atoms with Crippen LogP contribution in [0.5, 0.6) is 11.5 Å². The Morgan fingerprint density at radius 2 is 1.53 bits per heavy atom. The van der Waals surface area contributed by atoms with Crippen LogP contribution in [0.4, 0.5) is 14.5 Å². The van der Waals surface area contributed by atoms with Gasteiger partial charge in [-0.2, -0.15) is 0 Å². The van der Waals surface area contributed by atoms with Crippen LogP contribution in [0.15, 0.2) is 66.7 Å². The van der Waals surface area contributed by atoms with Gasteiger partial charge in [0.15, 0.2) is 0 Å². The summed E-state index contributed by atoms with van der Waals surface area (Å²) in [7, 11) is 3.27. The molecule has 0 bridgehead atoms. The molecule has 1 saturated heterocycles. The van der Waals surface area contributed by atoms with Crippen LogP contribution in [0.3, 0.4) is 0 Å². The molecule has 0 aliphatic carbocycles. The molecule has 3 aromatic carbocycles. The average Bonchev–Trinajstić information content (AvgIpc) is 2.87. The Balaban J connectivity index is 1.50. The van der Waals surface area contributed by atoms with Gasteiger partial charge in [-0.1, -0.05) is 6.07 Å². The molecule has 0 radical (unpaired) electrons. The average molecular weight is 467 g/mol. The third-order valence-electron chi connectivity index (χ3n) is 6.23. The highest BCUT2D eigenvalue weighted by atomic mass is 19.1. The zero-order chi connectivity index (χ0) is 24.1. The second kappa shape index (κ2) is 10.7. The molecule has 7 heteroatoms. The van der Waals surface area contributed by atoms with Gasteiger partial charge in [0.2, 0.25) is 0 Å². The van der Waals surface area contributed by atoms with Gasteiger partial charge in [-0.15, -0.1) is 0 Å². The molecule has 0 aromatic heterocycles. The van der Waals surface area contributed by atoms with Crippen molar-refractivity contribution in [1.82, 2.24) is 4.90 Å². The second-order valence-electron chi connectivity index (χ2n) is 8.34. The van der Waals surface area contributed by atoms with Crippen molar-refractivity contribution in [1.29, 1.82) is 0 Å². The molecule has 3 aromatic rings. The van der Waals surface area contributed by atoms with Crippen molar-refractivity contribution in [2.24, 2.45) is 0 Å². The van der Waals surface area contributed by atoms with Crippen molar-refractivity contribution in [2.45, 2.75) is 25.4 Å². The molecular formula is C27H28F2N2O3. The van der Waals surface area contributed by atoms with Crippen LogP contribution in [-0.2, 0) is 6.54 Å². The number of amides is 1. The van der Waals surface area contributed by atoms with Crippen LogP contribution in [0, 0.1) is 11.6 Å². The molecule has 1 amide bonds. The maximum Gasteiger partial charge on any atom is 0.258 e. The van der Waals surface area contributed by atoms with Crippen molar-refractivity contribution in [3.63, 3.8) is 0 Å². The van der Waals surface area contributed by atoms with Gasteiger partial charge in [0.05, 0.1) is 14.2 Å². The van der Waals surface area contributed by atoms with E-state index in [1.54, 1.807) is 31.3 Å². The van der Waals surface area contributed by atoms with Gasteiger partial charge in [-0.3, -0.25) is 9.69 Å². The van der Waals surface area contributed by atoms with E-state index in [0.29, 0.717) is 11.3 Å². The summed E-state index contributed by atoms with van der Waals surface area (Å²) in [4.78, 5) is 17.5. The lowest BCUT2D eigenvalue weighted by Gasteiger charge is -2.39. The number of hydrogen-bond acceptors (Lipinski definition) is 4. The molecule has 0 saturated carbocycles. The van der Waals surface area contributed by atoms with E-state index in [-0.39, 0.29) is 17.8 Å². The van der Waals surface area contributed by atoms with Gasteiger partial charge in [0.25, 0.3) is 5.91 Å². The summed E-state index contributed by atoms with van der Waals surface area (Å²) in [6, 6.07) is 17.2. The number of carbonyl (C=O) groups is 1. The predicted molar refractivity (Wildman–Crippen MR) is 127 cm³/mol. The van der Waals surface area contributed by atoms with Crippen LogP contribution in [0.1, 0.15) is 28.8 Å². The fourth-order valence-corrected chi connectivity index (χ4v) is 4.39. The zero-order valence-corrected chi connectivity index (χ0v) is 19.3. The molecule has 5 nitrogen and oxygen atoms in total. The molecule has 34 heavy (non-hydrogen) atoms. The van der Waals surface area contributed by atoms with E-state index in [1.807, 2.05) is 18.2 Å². The number of hydrogen-bond donors (Lipinski definition) is 0. The van der Waals surface area contributed by atoms with Crippen molar-refractivity contribution < 1.29 is 23.0 Å². The van der Waals surface area contributed by atoms with Crippen LogP contribution >= 0.6 is 0 Å². The number of rotatable bonds is 7. The Morgan fingerprint density at radius 3 is 2.12 bits per heavy atom. The number of benzene rings is 3. The van der Waals surface area contributed by atoms with Gasteiger partial charge < -0.3 is 14.4 Å². The van der Waals surface area contributed by atoms with Crippen molar-refractivity contribution in [2.75, 3.05) is 32.2 Å². The molecule has 0 atom stereocenters. The molecule has 1 fully saturated rings. The van der Waals surface area contributed by atoms with Crippen LogP contribution in [0.2, 0.25) is 0 Å². The van der Waals surface area contributed by atoms with E-state index in [9.17, 15) is 13.6 Å². The minimum Gasteiger partial charge on any atom is -0.497 e. The number of methoxy groups -OCH3 is 2. The van der Waals surface area contributed by atoms with E-state index in [2.05, 4.69) is 4.90 Å². The second-order valence-corrected chi connectivity index (χ2v) is 8.34. The molecule has 0 unspecified atom stereocenters. The number of ether oxygens (including phenoxy) is 2. The predicted octanol–water partition coefficient (Wildman–Crippen LogP) is 5.29. The Bertz CT molecular complexity index is 1110.